The number of rotatable bonds is 3. The highest BCUT2D eigenvalue weighted by Crippen LogP contribution is 2.24. The highest BCUT2D eigenvalue weighted by atomic mass is 35.5. The number of aliphatic hydroxyl groups is 1. The summed E-state index contributed by atoms with van der Waals surface area (Å²) in [6.45, 7) is 0.771. The van der Waals surface area contributed by atoms with Gasteiger partial charge in [-0.2, -0.15) is 0 Å². The number of nitro groups is 1. The maximum atomic E-state index is 12.4. The number of amides is 1. The average Bonchev–Trinajstić information content (AvgIpc) is 2.46. The van der Waals surface area contributed by atoms with Gasteiger partial charge in [0.2, 0.25) is 0 Å². The maximum absolute atomic E-state index is 12.4. The monoisotopic (exact) mass is 300 g/mol. The molecule has 8 heteroatoms. The van der Waals surface area contributed by atoms with Crippen LogP contribution in [0.1, 0.15) is 10.4 Å². The van der Waals surface area contributed by atoms with Crippen LogP contribution in [-0.4, -0.2) is 53.2 Å². The van der Waals surface area contributed by atoms with Gasteiger partial charge in [-0.3, -0.25) is 14.9 Å². The van der Waals surface area contributed by atoms with Crippen LogP contribution in [0.2, 0.25) is 5.02 Å². The Morgan fingerprint density at radius 2 is 2.35 bits per heavy atom. The summed E-state index contributed by atoms with van der Waals surface area (Å²) in [5.41, 5.74) is 0.00449. The van der Waals surface area contributed by atoms with Gasteiger partial charge in [0.1, 0.15) is 0 Å². The first-order valence-electron chi connectivity index (χ1n) is 5.98. The zero-order valence-corrected chi connectivity index (χ0v) is 11.2. The molecule has 1 aromatic carbocycles. The number of morpholine rings is 1. The van der Waals surface area contributed by atoms with Crippen LogP contribution in [0.15, 0.2) is 18.2 Å². The van der Waals surface area contributed by atoms with Gasteiger partial charge in [-0.05, 0) is 6.07 Å². The maximum Gasteiger partial charge on any atom is 0.270 e. The second kappa shape index (κ2) is 6.17. The smallest absolute Gasteiger partial charge is 0.270 e. The molecule has 108 valence electrons. The molecule has 1 N–H and O–H groups in total. The van der Waals surface area contributed by atoms with E-state index in [-0.39, 0.29) is 35.4 Å². The lowest BCUT2D eigenvalue weighted by Crippen LogP contribution is -2.50. The van der Waals surface area contributed by atoms with Gasteiger partial charge in [-0.15, -0.1) is 0 Å². The molecule has 1 aromatic rings. The number of carbonyl (C=O) groups is 1. The second-order valence-corrected chi connectivity index (χ2v) is 4.74. The number of hydrogen-bond donors (Lipinski definition) is 1. The fourth-order valence-electron chi connectivity index (χ4n) is 2.02. The van der Waals surface area contributed by atoms with Crippen LogP contribution in [-0.2, 0) is 4.74 Å². The van der Waals surface area contributed by atoms with Gasteiger partial charge in [-0.1, -0.05) is 11.6 Å². The Morgan fingerprint density at radius 1 is 1.60 bits per heavy atom. The Bertz CT molecular complexity index is 537. The van der Waals surface area contributed by atoms with Gasteiger partial charge in [0.15, 0.2) is 0 Å². The molecule has 1 aliphatic rings. The summed E-state index contributed by atoms with van der Waals surface area (Å²) >= 11 is 5.93. The highest BCUT2D eigenvalue weighted by molar-refractivity contribution is 6.34. The SMILES string of the molecule is O=C(c1ccc([N+](=O)[O-])cc1Cl)N1CCOCC1CO. The predicted molar refractivity (Wildman–Crippen MR) is 70.8 cm³/mol. The number of hydrogen-bond acceptors (Lipinski definition) is 5. The summed E-state index contributed by atoms with van der Waals surface area (Å²) in [5.74, 6) is -0.368. The zero-order valence-electron chi connectivity index (χ0n) is 10.5. The van der Waals surface area contributed by atoms with Crippen molar-refractivity contribution in [2.24, 2.45) is 0 Å². The molecule has 0 radical (unpaired) electrons. The molecular formula is C12H13ClN2O5. The number of nitro benzene ring substituents is 1. The normalized spacial score (nSPS) is 18.9. The van der Waals surface area contributed by atoms with Crippen LogP contribution in [0.5, 0.6) is 0 Å². The molecule has 0 saturated carbocycles. The molecule has 0 aliphatic carbocycles. The van der Waals surface area contributed by atoms with Crippen LogP contribution in [0.4, 0.5) is 5.69 Å². The minimum Gasteiger partial charge on any atom is -0.394 e. The average molecular weight is 301 g/mol. The number of benzene rings is 1. The lowest BCUT2D eigenvalue weighted by atomic mass is 10.1. The van der Waals surface area contributed by atoms with E-state index in [9.17, 15) is 20.0 Å². The molecule has 20 heavy (non-hydrogen) atoms. The van der Waals surface area contributed by atoms with Gasteiger partial charge >= 0.3 is 0 Å². The highest BCUT2D eigenvalue weighted by Gasteiger charge is 2.29. The third kappa shape index (κ3) is 2.90. The van der Waals surface area contributed by atoms with Crippen LogP contribution in [0.25, 0.3) is 0 Å². The fourth-order valence-corrected chi connectivity index (χ4v) is 2.27. The van der Waals surface area contributed by atoms with E-state index in [1.165, 1.54) is 17.0 Å². The summed E-state index contributed by atoms with van der Waals surface area (Å²) in [5, 5.41) is 19.9. The number of aliphatic hydroxyl groups excluding tert-OH is 1. The molecule has 2 rings (SSSR count). The molecule has 0 aromatic heterocycles. The minimum absolute atomic E-state index is 0.0207. The largest absolute Gasteiger partial charge is 0.394 e. The van der Waals surface area contributed by atoms with E-state index in [4.69, 9.17) is 16.3 Å². The van der Waals surface area contributed by atoms with E-state index < -0.39 is 11.0 Å². The van der Waals surface area contributed by atoms with E-state index in [1.807, 2.05) is 0 Å². The standard InChI is InChI=1S/C12H13ClN2O5/c13-11-5-8(15(18)19)1-2-10(11)12(17)14-3-4-20-7-9(14)6-16/h1-2,5,9,16H,3-4,6-7H2. The van der Waals surface area contributed by atoms with E-state index in [1.54, 1.807) is 0 Å². The van der Waals surface area contributed by atoms with E-state index in [0.29, 0.717) is 13.2 Å². The molecule has 1 atom stereocenters. The zero-order chi connectivity index (χ0) is 14.7. The first-order chi connectivity index (χ1) is 9.54. The molecule has 1 unspecified atom stereocenters. The predicted octanol–water partition coefficient (Wildman–Crippen LogP) is 1.08. The Balaban J connectivity index is 2.26. The minimum atomic E-state index is -0.578. The van der Waals surface area contributed by atoms with Gasteiger partial charge in [0.05, 0.1) is 41.4 Å². The molecule has 1 fully saturated rings. The van der Waals surface area contributed by atoms with Crippen LogP contribution in [0.3, 0.4) is 0 Å². The van der Waals surface area contributed by atoms with Crippen molar-refractivity contribution in [3.63, 3.8) is 0 Å². The van der Waals surface area contributed by atoms with Crippen molar-refractivity contribution in [1.29, 1.82) is 0 Å². The van der Waals surface area contributed by atoms with Crippen molar-refractivity contribution in [2.45, 2.75) is 6.04 Å². The van der Waals surface area contributed by atoms with Crippen molar-refractivity contribution in [3.05, 3.63) is 38.9 Å². The third-order valence-corrected chi connectivity index (χ3v) is 3.41. The van der Waals surface area contributed by atoms with Gasteiger partial charge in [0, 0.05) is 18.7 Å². The van der Waals surface area contributed by atoms with Gasteiger partial charge in [-0.25, -0.2) is 0 Å². The van der Waals surface area contributed by atoms with Crippen LogP contribution in [0, 0.1) is 10.1 Å². The van der Waals surface area contributed by atoms with Crippen LogP contribution >= 0.6 is 11.6 Å². The Labute approximate surface area is 119 Å². The number of halogens is 1. The Hall–Kier alpha value is -1.70. The topological polar surface area (TPSA) is 92.9 Å². The van der Waals surface area contributed by atoms with Crippen molar-refractivity contribution in [2.75, 3.05) is 26.4 Å². The van der Waals surface area contributed by atoms with Gasteiger partial charge in [0.25, 0.3) is 11.6 Å². The molecule has 1 saturated heterocycles. The number of non-ortho nitro benzene ring substituents is 1. The molecule has 1 heterocycles. The number of ether oxygens (including phenoxy) is 1. The lowest BCUT2D eigenvalue weighted by Gasteiger charge is -2.34. The fraction of sp³-hybridized carbons (Fsp3) is 0.417. The van der Waals surface area contributed by atoms with Crippen molar-refractivity contribution in [1.82, 2.24) is 4.90 Å². The summed E-state index contributed by atoms with van der Waals surface area (Å²) in [4.78, 5) is 23.9. The molecule has 1 amide bonds. The summed E-state index contributed by atoms with van der Waals surface area (Å²) < 4.78 is 5.19. The number of carbonyl (C=O) groups excluding carboxylic acids is 1. The summed E-state index contributed by atoms with van der Waals surface area (Å²) in [6.07, 6.45) is 0. The van der Waals surface area contributed by atoms with Crippen molar-refractivity contribution >= 4 is 23.2 Å². The van der Waals surface area contributed by atoms with E-state index in [2.05, 4.69) is 0 Å². The van der Waals surface area contributed by atoms with E-state index in [0.717, 1.165) is 6.07 Å². The molecule has 0 bridgehead atoms. The summed E-state index contributed by atoms with van der Waals surface area (Å²) in [6, 6.07) is 3.27. The van der Waals surface area contributed by atoms with Gasteiger partial charge < -0.3 is 14.7 Å². The summed E-state index contributed by atoms with van der Waals surface area (Å²) in [7, 11) is 0. The molecular weight excluding hydrogens is 288 g/mol. The van der Waals surface area contributed by atoms with Crippen molar-refractivity contribution in [3.8, 4) is 0 Å². The molecule has 1 aliphatic heterocycles. The molecule has 0 spiro atoms. The second-order valence-electron chi connectivity index (χ2n) is 4.33. The van der Waals surface area contributed by atoms with E-state index >= 15 is 0 Å². The molecule has 7 nitrogen and oxygen atoms in total. The van der Waals surface area contributed by atoms with Crippen molar-refractivity contribution < 1.29 is 19.6 Å². The Morgan fingerprint density at radius 3 is 2.95 bits per heavy atom. The lowest BCUT2D eigenvalue weighted by molar-refractivity contribution is -0.384. The Kier molecular flexibility index (Phi) is 4.53. The third-order valence-electron chi connectivity index (χ3n) is 3.09. The first-order valence-corrected chi connectivity index (χ1v) is 6.36. The first kappa shape index (κ1) is 14.7. The van der Waals surface area contributed by atoms with Crippen LogP contribution < -0.4 is 0 Å². The quantitative estimate of drug-likeness (QED) is 0.666. The number of nitrogens with zero attached hydrogens (tertiary/aromatic N) is 2.